The molecule has 0 aliphatic rings. The van der Waals surface area contributed by atoms with Gasteiger partial charge in [-0.05, 0) is 31.9 Å². The summed E-state index contributed by atoms with van der Waals surface area (Å²) >= 11 is 0. The zero-order valence-corrected chi connectivity index (χ0v) is 15.1. The summed E-state index contributed by atoms with van der Waals surface area (Å²) in [6.07, 6.45) is 4.98. The Labute approximate surface area is 147 Å². The normalized spacial score (nSPS) is 10.8. The van der Waals surface area contributed by atoms with E-state index in [1.165, 1.54) is 13.3 Å². The molecule has 0 aliphatic carbocycles. The molecular weight excluding hydrogens is 320 g/mol. The van der Waals surface area contributed by atoms with Crippen molar-refractivity contribution >= 4 is 11.9 Å². The van der Waals surface area contributed by atoms with Crippen molar-refractivity contribution in [1.82, 2.24) is 20.1 Å². The Bertz CT molecular complexity index is 733. The Hall–Kier alpha value is -2.70. The fourth-order valence-corrected chi connectivity index (χ4v) is 2.68. The van der Waals surface area contributed by atoms with Crippen LogP contribution < -0.4 is 5.32 Å². The number of nitrogens with zero attached hydrogens (tertiary/aromatic N) is 3. The Morgan fingerprint density at radius 2 is 1.96 bits per heavy atom. The Balaban J connectivity index is 2.02. The van der Waals surface area contributed by atoms with Gasteiger partial charge in [-0.25, -0.2) is 4.79 Å². The molecule has 2 aromatic rings. The number of esters is 1. The van der Waals surface area contributed by atoms with Gasteiger partial charge in [0, 0.05) is 11.9 Å². The van der Waals surface area contributed by atoms with E-state index in [1.54, 1.807) is 18.3 Å². The second-order valence-electron chi connectivity index (χ2n) is 5.77. The maximum atomic E-state index is 12.4. The van der Waals surface area contributed by atoms with Crippen LogP contribution in [0.1, 0.15) is 64.8 Å². The molecule has 2 rings (SSSR count). The number of pyridine rings is 1. The SMILES string of the molecule is CCC(CC)n1ncc(C(=O)NCc2ccc(C(=O)OC)cn2)c1C. The molecule has 0 atom stereocenters. The van der Waals surface area contributed by atoms with Crippen LogP contribution in [0, 0.1) is 6.92 Å². The van der Waals surface area contributed by atoms with E-state index in [9.17, 15) is 9.59 Å². The summed E-state index contributed by atoms with van der Waals surface area (Å²) in [5, 5.41) is 7.20. The molecule has 134 valence electrons. The van der Waals surface area contributed by atoms with Crippen molar-refractivity contribution in [3.63, 3.8) is 0 Å². The highest BCUT2D eigenvalue weighted by Gasteiger charge is 2.17. The van der Waals surface area contributed by atoms with Crippen molar-refractivity contribution in [3.8, 4) is 0 Å². The van der Waals surface area contributed by atoms with Crippen LogP contribution in [0.25, 0.3) is 0 Å². The minimum atomic E-state index is -0.437. The molecule has 1 amide bonds. The van der Waals surface area contributed by atoms with Crippen LogP contribution in [0.5, 0.6) is 0 Å². The highest BCUT2D eigenvalue weighted by atomic mass is 16.5. The lowest BCUT2D eigenvalue weighted by atomic mass is 10.1. The third-order valence-corrected chi connectivity index (χ3v) is 4.25. The largest absolute Gasteiger partial charge is 0.465 e. The van der Waals surface area contributed by atoms with Crippen molar-refractivity contribution in [3.05, 3.63) is 47.0 Å². The topological polar surface area (TPSA) is 86.1 Å². The number of ether oxygens (including phenoxy) is 1. The summed E-state index contributed by atoms with van der Waals surface area (Å²) in [6.45, 7) is 6.40. The smallest absolute Gasteiger partial charge is 0.339 e. The van der Waals surface area contributed by atoms with Crippen molar-refractivity contribution < 1.29 is 14.3 Å². The molecule has 0 fully saturated rings. The minimum absolute atomic E-state index is 0.187. The summed E-state index contributed by atoms with van der Waals surface area (Å²) < 4.78 is 6.54. The van der Waals surface area contributed by atoms with Crippen LogP contribution in [-0.4, -0.2) is 33.8 Å². The first-order valence-electron chi connectivity index (χ1n) is 8.37. The average molecular weight is 344 g/mol. The molecule has 2 aromatic heterocycles. The quantitative estimate of drug-likeness (QED) is 0.780. The van der Waals surface area contributed by atoms with Crippen LogP contribution in [0.2, 0.25) is 0 Å². The molecule has 7 nitrogen and oxygen atoms in total. The lowest BCUT2D eigenvalue weighted by Crippen LogP contribution is -2.24. The van der Waals surface area contributed by atoms with Crippen LogP contribution in [-0.2, 0) is 11.3 Å². The maximum Gasteiger partial charge on any atom is 0.339 e. The van der Waals surface area contributed by atoms with E-state index in [1.807, 2.05) is 11.6 Å². The molecule has 25 heavy (non-hydrogen) atoms. The predicted molar refractivity (Wildman–Crippen MR) is 93.3 cm³/mol. The monoisotopic (exact) mass is 344 g/mol. The number of amides is 1. The lowest BCUT2D eigenvalue weighted by molar-refractivity contribution is 0.0600. The van der Waals surface area contributed by atoms with Crippen molar-refractivity contribution in [2.45, 2.75) is 46.2 Å². The van der Waals surface area contributed by atoms with Gasteiger partial charge >= 0.3 is 5.97 Å². The van der Waals surface area contributed by atoms with Gasteiger partial charge < -0.3 is 10.1 Å². The van der Waals surface area contributed by atoms with Gasteiger partial charge in [-0.3, -0.25) is 14.5 Å². The van der Waals surface area contributed by atoms with Gasteiger partial charge in [-0.15, -0.1) is 0 Å². The van der Waals surface area contributed by atoms with Gasteiger partial charge in [-0.2, -0.15) is 5.10 Å². The Kier molecular flexibility index (Phi) is 6.27. The molecule has 0 radical (unpaired) electrons. The summed E-state index contributed by atoms with van der Waals surface area (Å²) in [7, 11) is 1.32. The predicted octanol–water partition coefficient (Wildman–Crippen LogP) is 2.66. The summed E-state index contributed by atoms with van der Waals surface area (Å²) in [5.41, 5.74) is 2.46. The van der Waals surface area contributed by atoms with E-state index >= 15 is 0 Å². The third kappa shape index (κ3) is 4.23. The maximum absolute atomic E-state index is 12.4. The number of aromatic nitrogens is 3. The number of nitrogens with one attached hydrogen (secondary N) is 1. The van der Waals surface area contributed by atoms with Gasteiger partial charge in [0.05, 0.1) is 42.7 Å². The highest BCUT2D eigenvalue weighted by Crippen LogP contribution is 2.19. The number of carbonyl (C=O) groups is 2. The molecular formula is C18H24N4O3. The van der Waals surface area contributed by atoms with Gasteiger partial charge in [0.1, 0.15) is 0 Å². The fraction of sp³-hybridized carbons (Fsp3) is 0.444. The van der Waals surface area contributed by atoms with Gasteiger partial charge in [-0.1, -0.05) is 13.8 Å². The molecule has 0 aliphatic heterocycles. The lowest BCUT2D eigenvalue weighted by Gasteiger charge is -2.15. The van der Waals surface area contributed by atoms with Gasteiger partial charge in [0.2, 0.25) is 0 Å². The van der Waals surface area contributed by atoms with Gasteiger partial charge in [0.25, 0.3) is 5.91 Å². The molecule has 7 heteroatoms. The molecule has 2 heterocycles. The van der Waals surface area contributed by atoms with Crippen LogP contribution in [0.15, 0.2) is 24.5 Å². The number of methoxy groups -OCH3 is 1. The van der Waals surface area contributed by atoms with E-state index in [4.69, 9.17) is 0 Å². The molecule has 0 aromatic carbocycles. The summed E-state index contributed by atoms with van der Waals surface area (Å²) in [6, 6.07) is 3.61. The Morgan fingerprint density at radius 3 is 2.52 bits per heavy atom. The van der Waals surface area contributed by atoms with Crippen LogP contribution in [0.3, 0.4) is 0 Å². The van der Waals surface area contributed by atoms with Crippen molar-refractivity contribution in [1.29, 1.82) is 0 Å². The minimum Gasteiger partial charge on any atom is -0.465 e. The average Bonchev–Trinajstić information content (AvgIpc) is 3.02. The molecule has 0 spiro atoms. The number of hydrogen-bond donors (Lipinski definition) is 1. The summed E-state index contributed by atoms with van der Waals surface area (Å²) in [4.78, 5) is 27.9. The van der Waals surface area contributed by atoms with Crippen molar-refractivity contribution in [2.24, 2.45) is 0 Å². The van der Waals surface area contributed by atoms with E-state index in [-0.39, 0.29) is 12.5 Å². The molecule has 0 unspecified atom stereocenters. The van der Waals surface area contributed by atoms with E-state index in [0.717, 1.165) is 18.5 Å². The number of carbonyl (C=O) groups excluding carboxylic acids is 2. The Morgan fingerprint density at radius 1 is 1.24 bits per heavy atom. The first-order valence-corrected chi connectivity index (χ1v) is 8.37. The van der Waals surface area contributed by atoms with Gasteiger partial charge in [0.15, 0.2) is 0 Å². The number of hydrogen-bond acceptors (Lipinski definition) is 5. The third-order valence-electron chi connectivity index (χ3n) is 4.25. The zero-order chi connectivity index (χ0) is 18.4. The zero-order valence-electron chi connectivity index (χ0n) is 15.1. The molecule has 0 saturated carbocycles. The molecule has 0 saturated heterocycles. The fourth-order valence-electron chi connectivity index (χ4n) is 2.68. The second-order valence-corrected chi connectivity index (χ2v) is 5.77. The summed E-state index contributed by atoms with van der Waals surface area (Å²) in [5.74, 6) is -0.624. The second kappa shape index (κ2) is 8.41. The first kappa shape index (κ1) is 18.6. The number of rotatable bonds is 7. The van der Waals surface area contributed by atoms with Crippen LogP contribution >= 0.6 is 0 Å². The standard InChI is InChI=1S/C18H24N4O3/c1-5-15(6-2)22-12(3)16(11-21-22)17(23)20-10-14-8-7-13(9-19-14)18(24)25-4/h7-9,11,15H,5-6,10H2,1-4H3,(H,20,23). The van der Waals surface area contributed by atoms with E-state index < -0.39 is 5.97 Å². The van der Waals surface area contributed by atoms with Crippen LogP contribution in [0.4, 0.5) is 0 Å². The molecule has 0 bridgehead atoms. The van der Waals surface area contributed by atoms with Crippen molar-refractivity contribution in [2.75, 3.05) is 7.11 Å². The first-order chi connectivity index (χ1) is 12.0. The molecule has 1 N–H and O–H groups in total. The van der Waals surface area contributed by atoms with E-state index in [0.29, 0.717) is 22.9 Å². The highest BCUT2D eigenvalue weighted by molar-refractivity contribution is 5.95. The van der Waals surface area contributed by atoms with E-state index in [2.05, 4.69) is 34.0 Å².